The zero-order valence-electron chi connectivity index (χ0n) is 12.5. The van der Waals surface area contributed by atoms with Crippen LogP contribution in [0.5, 0.6) is 5.75 Å². The van der Waals surface area contributed by atoms with Crippen LogP contribution in [-0.4, -0.2) is 17.9 Å². The van der Waals surface area contributed by atoms with E-state index in [0.29, 0.717) is 5.56 Å². The van der Waals surface area contributed by atoms with Gasteiger partial charge in [-0.15, -0.1) is 0 Å². The third-order valence-electron chi connectivity index (χ3n) is 3.28. The van der Waals surface area contributed by atoms with Crippen LogP contribution < -0.4 is 4.74 Å². The largest absolute Gasteiger partial charge is 0.491 e. The molecular weight excluding hydrogens is 333 g/mol. The minimum absolute atomic E-state index is 0.0965. The van der Waals surface area contributed by atoms with E-state index in [1.54, 1.807) is 0 Å². The van der Waals surface area contributed by atoms with Gasteiger partial charge in [0.05, 0.1) is 7.11 Å². The summed E-state index contributed by atoms with van der Waals surface area (Å²) >= 11 is 0. The van der Waals surface area contributed by atoms with Gasteiger partial charge >= 0.3 is 6.18 Å². The van der Waals surface area contributed by atoms with E-state index < -0.39 is 35.0 Å². The molecule has 24 heavy (non-hydrogen) atoms. The van der Waals surface area contributed by atoms with Crippen LogP contribution in [0.3, 0.4) is 0 Å². The number of alkyl halides is 3. The smallest absolute Gasteiger partial charge is 0.433 e. The van der Waals surface area contributed by atoms with Gasteiger partial charge in [0, 0.05) is 18.2 Å². The van der Waals surface area contributed by atoms with E-state index in [2.05, 4.69) is 9.72 Å². The number of aryl methyl sites for hydroxylation is 1. The highest BCUT2D eigenvalue weighted by molar-refractivity contribution is 5.96. The molecule has 128 valence electrons. The Balaban J connectivity index is 2.06. The highest BCUT2D eigenvalue weighted by atomic mass is 19.4. The van der Waals surface area contributed by atoms with Crippen LogP contribution in [0.2, 0.25) is 0 Å². The number of hydrogen-bond acceptors (Lipinski definition) is 3. The molecular formula is C16H12F5NO2. The number of rotatable bonds is 5. The first-order valence-corrected chi connectivity index (χ1v) is 6.80. The van der Waals surface area contributed by atoms with Crippen molar-refractivity contribution in [3.8, 4) is 5.75 Å². The first-order valence-electron chi connectivity index (χ1n) is 6.80. The Kier molecular flexibility index (Phi) is 5.16. The molecule has 1 aromatic heterocycles. The number of methoxy groups -OCH3 is 1. The predicted octanol–water partition coefficient (Wildman–Crippen LogP) is 4.20. The molecule has 0 saturated heterocycles. The van der Waals surface area contributed by atoms with E-state index in [1.165, 1.54) is 6.07 Å². The number of hydrogen-bond donors (Lipinski definition) is 0. The Bertz CT molecular complexity index is 718. The molecule has 1 aromatic carbocycles. The van der Waals surface area contributed by atoms with E-state index in [-0.39, 0.29) is 18.4 Å². The number of benzene rings is 1. The summed E-state index contributed by atoms with van der Waals surface area (Å²) in [4.78, 5) is 15.3. The highest BCUT2D eigenvalue weighted by Gasteiger charge is 2.32. The van der Waals surface area contributed by atoms with Crippen LogP contribution in [0.4, 0.5) is 22.0 Å². The second kappa shape index (κ2) is 6.94. The average Bonchev–Trinajstić information content (AvgIpc) is 2.51. The summed E-state index contributed by atoms with van der Waals surface area (Å²) < 4.78 is 68.8. The summed E-state index contributed by atoms with van der Waals surface area (Å²) in [5.74, 6) is -3.14. The Morgan fingerprint density at radius 1 is 1.17 bits per heavy atom. The third-order valence-corrected chi connectivity index (χ3v) is 3.28. The van der Waals surface area contributed by atoms with Crippen molar-refractivity contribution in [2.45, 2.75) is 19.0 Å². The Labute approximate surface area is 134 Å². The van der Waals surface area contributed by atoms with Crippen molar-refractivity contribution >= 4 is 5.78 Å². The van der Waals surface area contributed by atoms with Crippen LogP contribution in [-0.2, 0) is 12.6 Å². The lowest BCUT2D eigenvalue weighted by Crippen LogP contribution is -2.08. The number of halogens is 5. The molecule has 0 bridgehead atoms. The zero-order valence-corrected chi connectivity index (χ0v) is 12.5. The zero-order chi connectivity index (χ0) is 17.9. The second-order valence-corrected chi connectivity index (χ2v) is 4.95. The van der Waals surface area contributed by atoms with Crippen molar-refractivity contribution in [3.63, 3.8) is 0 Å². The van der Waals surface area contributed by atoms with Gasteiger partial charge in [0.15, 0.2) is 23.2 Å². The molecule has 0 amide bonds. The maximum Gasteiger partial charge on any atom is 0.433 e. The van der Waals surface area contributed by atoms with Gasteiger partial charge in [0.2, 0.25) is 0 Å². The maximum absolute atomic E-state index is 13.6. The number of carbonyl (C=O) groups excluding carboxylic acids is 1. The van der Waals surface area contributed by atoms with Gasteiger partial charge in [-0.05, 0) is 30.2 Å². The lowest BCUT2D eigenvalue weighted by atomic mass is 10.0. The van der Waals surface area contributed by atoms with Gasteiger partial charge in [0.1, 0.15) is 5.69 Å². The van der Waals surface area contributed by atoms with Crippen LogP contribution in [0.15, 0.2) is 30.5 Å². The van der Waals surface area contributed by atoms with E-state index in [0.717, 1.165) is 31.5 Å². The van der Waals surface area contributed by atoms with Gasteiger partial charge in [-0.2, -0.15) is 13.2 Å². The van der Waals surface area contributed by atoms with Crippen molar-refractivity contribution in [2.24, 2.45) is 0 Å². The predicted molar refractivity (Wildman–Crippen MR) is 74.8 cm³/mol. The molecule has 0 fully saturated rings. The number of aromatic nitrogens is 1. The Hall–Kier alpha value is -2.51. The lowest BCUT2D eigenvalue weighted by Gasteiger charge is -2.08. The van der Waals surface area contributed by atoms with Crippen LogP contribution in [0, 0.1) is 11.6 Å². The fourth-order valence-corrected chi connectivity index (χ4v) is 2.06. The third kappa shape index (κ3) is 4.06. The SMILES string of the molecule is COc1c(F)cc(C(=O)CCc2ccc(C(F)(F)F)nc2)cc1F. The molecule has 0 aliphatic carbocycles. The molecule has 8 heteroatoms. The molecule has 0 unspecified atom stereocenters. The fourth-order valence-electron chi connectivity index (χ4n) is 2.06. The van der Waals surface area contributed by atoms with Gasteiger partial charge in [0.25, 0.3) is 0 Å². The molecule has 0 aliphatic rings. The molecule has 0 aliphatic heterocycles. The van der Waals surface area contributed by atoms with Gasteiger partial charge < -0.3 is 4.74 Å². The van der Waals surface area contributed by atoms with Crippen LogP contribution in [0.1, 0.15) is 28.0 Å². The summed E-state index contributed by atoms with van der Waals surface area (Å²) in [5.41, 5.74) is -0.798. The van der Waals surface area contributed by atoms with E-state index in [9.17, 15) is 26.7 Å². The van der Waals surface area contributed by atoms with Crippen LogP contribution in [0.25, 0.3) is 0 Å². The fraction of sp³-hybridized carbons (Fsp3) is 0.250. The number of ketones is 1. The monoisotopic (exact) mass is 345 g/mol. The second-order valence-electron chi connectivity index (χ2n) is 4.95. The van der Waals surface area contributed by atoms with Crippen LogP contribution >= 0.6 is 0 Å². The number of nitrogens with zero attached hydrogens (tertiary/aromatic N) is 1. The van der Waals surface area contributed by atoms with Crippen molar-refractivity contribution < 1.29 is 31.5 Å². The summed E-state index contributed by atoms with van der Waals surface area (Å²) in [6, 6.07) is 3.73. The number of Topliss-reactive ketones (excluding diaryl/α,β-unsaturated/α-hetero) is 1. The molecule has 0 atom stereocenters. The molecule has 2 rings (SSSR count). The summed E-state index contributed by atoms with van der Waals surface area (Å²) in [6.07, 6.45) is -3.55. The van der Waals surface area contributed by atoms with Gasteiger partial charge in [-0.25, -0.2) is 8.78 Å². The number of carbonyl (C=O) groups is 1. The van der Waals surface area contributed by atoms with E-state index in [1.807, 2.05) is 0 Å². The minimum Gasteiger partial charge on any atom is -0.491 e. The van der Waals surface area contributed by atoms with Crippen molar-refractivity contribution in [3.05, 3.63) is 58.9 Å². The van der Waals surface area contributed by atoms with Crippen molar-refractivity contribution in [1.82, 2.24) is 4.98 Å². The molecule has 0 saturated carbocycles. The van der Waals surface area contributed by atoms with E-state index in [4.69, 9.17) is 0 Å². The highest BCUT2D eigenvalue weighted by Crippen LogP contribution is 2.27. The van der Waals surface area contributed by atoms with E-state index >= 15 is 0 Å². The molecule has 2 aromatic rings. The minimum atomic E-state index is -4.54. The Morgan fingerprint density at radius 2 is 1.79 bits per heavy atom. The molecule has 3 nitrogen and oxygen atoms in total. The topological polar surface area (TPSA) is 39.2 Å². The first kappa shape index (κ1) is 17.8. The average molecular weight is 345 g/mol. The number of ether oxygens (including phenoxy) is 1. The van der Waals surface area contributed by atoms with Crippen molar-refractivity contribution in [1.29, 1.82) is 0 Å². The quantitative estimate of drug-likeness (QED) is 0.602. The molecule has 0 radical (unpaired) electrons. The normalized spacial score (nSPS) is 11.4. The van der Waals surface area contributed by atoms with Gasteiger partial charge in [-0.1, -0.05) is 6.07 Å². The standard InChI is InChI=1S/C16H12F5NO2/c1-24-15-11(17)6-10(7-12(15)18)13(23)4-2-9-3-5-14(22-8-9)16(19,20)21/h3,5-8H,2,4H2,1H3. The van der Waals surface area contributed by atoms with Crippen molar-refractivity contribution in [2.75, 3.05) is 7.11 Å². The maximum atomic E-state index is 13.6. The number of pyridine rings is 1. The summed E-state index contributed by atoms with van der Waals surface area (Å²) in [6.45, 7) is 0. The lowest BCUT2D eigenvalue weighted by molar-refractivity contribution is -0.141. The molecule has 0 N–H and O–H groups in total. The molecule has 0 spiro atoms. The summed E-state index contributed by atoms with van der Waals surface area (Å²) in [5, 5.41) is 0. The first-order chi connectivity index (χ1) is 11.2. The molecule has 1 heterocycles. The van der Waals surface area contributed by atoms with Gasteiger partial charge in [-0.3, -0.25) is 9.78 Å². The summed E-state index contributed by atoms with van der Waals surface area (Å²) in [7, 11) is 1.10. The Morgan fingerprint density at radius 3 is 2.25 bits per heavy atom.